The molecule has 0 saturated heterocycles. The largest absolute Gasteiger partial charge is 0.507 e. The van der Waals surface area contributed by atoms with Gasteiger partial charge in [-0.1, -0.05) is 22.4 Å². The molecule has 0 unspecified atom stereocenters. The van der Waals surface area contributed by atoms with Gasteiger partial charge in [0, 0.05) is 4.47 Å². The molecule has 4 nitrogen and oxygen atoms in total. The van der Waals surface area contributed by atoms with Crippen LogP contribution in [0.5, 0.6) is 11.5 Å². The van der Waals surface area contributed by atoms with Gasteiger partial charge in [-0.15, -0.1) is 0 Å². The van der Waals surface area contributed by atoms with E-state index in [-0.39, 0.29) is 10.0 Å². The summed E-state index contributed by atoms with van der Waals surface area (Å²) in [6.45, 7) is 0. The summed E-state index contributed by atoms with van der Waals surface area (Å²) in [5.41, 5.74) is -1.03. The smallest absolute Gasteiger partial charge is 0.481 e. The number of rotatable bonds is 2. The van der Waals surface area contributed by atoms with E-state index in [0.29, 0.717) is 19.3 Å². The Morgan fingerprint density at radius 3 is 2.00 bits per heavy atom. The summed E-state index contributed by atoms with van der Waals surface area (Å²) in [5, 5.41) is 9.39. The standard InChI is InChI=1S/C13H9BrF4O4/c14-7-5-9-8(21-12(15,16)13(17,18)22-9)4-6(7)11(10(19)20)2-1-3-11/h4-5H,1-3H2,(H,19,20). The summed E-state index contributed by atoms with van der Waals surface area (Å²) in [6, 6.07) is 2.05. The number of hydrogen-bond acceptors (Lipinski definition) is 3. The number of benzene rings is 1. The zero-order chi connectivity index (χ0) is 16.3. The van der Waals surface area contributed by atoms with Gasteiger partial charge in [0.1, 0.15) is 0 Å². The molecule has 0 bridgehead atoms. The van der Waals surface area contributed by atoms with E-state index in [2.05, 4.69) is 25.4 Å². The molecule has 1 aliphatic carbocycles. The van der Waals surface area contributed by atoms with E-state index >= 15 is 0 Å². The molecule has 1 saturated carbocycles. The van der Waals surface area contributed by atoms with E-state index in [9.17, 15) is 27.5 Å². The molecule has 22 heavy (non-hydrogen) atoms. The fourth-order valence-electron chi connectivity index (χ4n) is 2.59. The van der Waals surface area contributed by atoms with Crippen molar-refractivity contribution >= 4 is 21.9 Å². The number of fused-ring (bicyclic) bond motifs is 1. The number of hydrogen-bond donors (Lipinski definition) is 1. The van der Waals surface area contributed by atoms with Gasteiger partial charge >= 0.3 is 18.2 Å². The second-order valence-electron chi connectivity index (χ2n) is 5.26. The molecule has 0 amide bonds. The van der Waals surface area contributed by atoms with E-state index < -0.39 is 35.1 Å². The van der Waals surface area contributed by atoms with Gasteiger partial charge in [0.05, 0.1) is 5.41 Å². The fraction of sp³-hybridized carbons (Fsp3) is 0.462. The Balaban J connectivity index is 2.10. The molecule has 1 aliphatic heterocycles. The van der Waals surface area contributed by atoms with Crippen molar-refractivity contribution in [2.75, 3.05) is 0 Å². The topological polar surface area (TPSA) is 55.8 Å². The second kappa shape index (κ2) is 4.50. The van der Waals surface area contributed by atoms with Crippen molar-refractivity contribution in [1.82, 2.24) is 0 Å². The van der Waals surface area contributed by atoms with Gasteiger partial charge in [0.15, 0.2) is 11.5 Å². The lowest BCUT2D eigenvalue weighted by atomic mass is 9.64. The number of ether oxygens (including phenoxy) is 2. The van der Waals surface area contributed by atoms with Crippen molar-refractivity contribution < 1.29 is 36.9 Å². The molecule has 1 N–H and O–H groups in total. The van der Waals surface area contributed by atoms with E-state index in [4.69, 9.17) is 0 Å². The van der Waals surface area contributed by atoms with E-state index in [1.807, 2.05) is 0 Å². The third kappa shape index (κ3) is 1.98. The maximum atomic E-state index is 13.2. The van der Waals surface area contributed by atoms with Gasteiger partial charge in [-0.3, -0.25) is 4.79 Å². The van der Waals surface area contributed by atoms with Crippen LogP contribution < -0.4 is 9.47 Å². The number of carboxylic acid groups (broad SMARTS) is 1. The van der Waals surface area contributed by atoms with Crippen molar-refractivity contribution in [3.63, 3.8) is 0 Å². The Morgan fingerprint density at radius 2 is 1.59 bits per heavy atom. The molecular formula is C13H9BrF4O4. The number of alkyl halides is 4. The normalized spacial score (nSPS) is 23.5. The van der Waals surface area contributed by atoms with Crippen molar-refractivity contribution in [2.45, 2.75) is 36.9 Å². The first kappa shape index (κ1) is 15.4. The predicted molar refractivity (Wildman–Crippen MR) is 68.5 cm³/mol. The van der Waals surface area contributed by atoms with Crippen LogP contribution in [0.2, 0.25) is 0 Å². The number of aliphatic carboxylic acids is 1. The highest BCUT2D eigenvalue weighted by Crippen LogP contribution is 2.53. The van der Waals surface area contributed by atoms with E-state index in [1.54, 1.807) is 0 Å². The molecule has 2 aliphatic rings. The quantitative estimate of drug-likeness (QED) is 0.785. The van der Waals surface area contributed by atoms with E-state index in [1.165, 1.54) is 0 Å². The average molecular weight is 385 g/mol. The minimum absolute atomic E-state index is 0.193. The summed E-state index contributed by atoms with van der Waals surface area (Å²) in [5.74, 6) is -2.29. The van der Waals surface area contributed by atoms with Crippen LogP contribution in [-0.4, -0.2) is 23.3 Å². The van der Waals surface area contributed by atoms with Crippen LogP contribution in [0.25, 0.3) is 0 Å². The van der Waals surface area contributed by atoms with Crippen molar-refractivity contribution in [2.24, 2.45) is 0 Å². The van der Waals surface area contributed by atoms with Crippen LogP contribution in [0.4, 0.5) is 17.6 Å². The lowest BCUT2D eigenvalue weighted by molar-refractivity contribution is -0.391. The van der Waals surface area contributed by atoms with Crippen LogP contribution in [0.15, 0.2) is 16.6 Å². The minimum Gasteiger partial charge on any atom is -0.481 e. The second-order valence-corrected chi connectivity index (χ2v) is 6.11. The highest BCUT2D eigenvalue weighted by molar-refractivity contribution is 9.10. The number of halogens is 5. The Hall–Kier alpha value is -1.51. The molecule has 0 aromatic heterocycles. The first-order valence-electron chi connectivity index (χ1n) is 6.30. The monoisotopic (exact) mass is 384 g/mol. The lowest BCUT2D eigenvalue weighted by Gasteiger charge is -2.40. The lowest BCUT2D eigenvalue weighted by Crippen LogP contribution is -2.52. The molecule has 0 radical (unpaired) electrons. The number of carboxylic acids is 1. The Morgan fingerprint density at radius 1 is 1.09 bits per heavy atom. The van der Waals surface area contributed by atoms with Crippen molar-refractivity contribution in [3.8, 4) is 11.5 Å². The highest BCUT2D eigenvalue weighted by Gasteiger charge is 2.66. The van der Waals surface area contributed by atoms with Gasteiger partial charge in [-0.05, 0) is 30.5 Å². The molecule has 0 spiro atoms. The zero-order valence-corrected chi connectivity index (χ0v) is 12.4. The predicted octanol–water partition coefficient (Wildman–Crippen LogP) is 3.91. The summed E-state index contributed by atoms with van der Waals surface area (Å²) in [6.07, 6.45) is -8.31. The van der Waals surface area contributed by atoms with Crippen LogP contribution in [0.3, 0.4) is 0 Å². The Bertz CT molecular complexity index is 658. The maximum absolute atomic E-state index is 13.2. The summed E-state index contributed by atoms with van der Waals surface area (Å²) < 4.78 is 60.9. The first-order valence-corrected chi connectivity index (χ1v) is 7.09. The Labute approximate surface area is 130 Å². The van der Waals surface area contributed by atoms with Gasteiger partial charge in [-0.25, -0.2) is 0 Å². The molecule has 3 rings (SSSR count). The minimum atomic E-state index is -4.83. The van der Waals surface area contributed by atoms with Crippen LogP contribution in [-0.2, 0) is 10.2 Å². The third-order valence-corrected chi connectivity index (χ3v) is 4.64. The molecular weight excluding hydrogens is 376 g/mol. The number of carbonyl (C=O) groups is 1. The van der Waals surface area contributed by atoms with Gasteiger partial charge in [-0.2, -0.15) is 17.6 Å². The molecule has 1 aromatic rings. The molecule has 0 atom stereocenters. The summed E-state index contributed by atoms with van der Waals surface area (Å²) in [4.78, 5) is 11.5. The molecule has 1 fully saturated rings. The van der Waals surface area contributed by atoms with Crippen LogP contribution in [0.1, 0.15) is 24.8 Å². The zero-order valence-electron chi connectivity index (χ0n) is 10.8. The van der Waals surface area contributed by atoms with Crippen molar-refractivity contribution in [3.05, 3.63) is 22.2 Å². The molecule has 1 heterocycles. The van der Waals surface area contributed by atoms with Gasteiger partial charge < -0.3 is 14.6 Å². The highest BCUT2D eigenvalue weighted by atomic mass is 79.9. The maximum Gasteiger partial charge on any atom is 0.507 e. The van der Waals surface area contributed by atoms with Crippen LogP contribution >= 0.6 is 15.9 Å². The van der Waals surface area contributed by atoms with Crippen LogP contribution in [0, 0.1) is 0 Å². The molecule has 9 heteroatoms. The Kier molecular flexibility index (Phi) is 3.15. The molecule has 1 aromatic carbocycles. The van der Waals surface area contributed by atoms with Crippen molar-refractivity contribution in [1.29, 1.82) is 0 Å². The summed E-state index contributed by atoms with van der Waals surface area (Å²) in [7, 11) is 0. The molecule has 120 valence electrons. The third-order valence-electron chi connectivity index (χ3n) is 3.98. The SMILES string of the molecule is O=C(O)C1(c2cc3c(cc2Br)OC(F)(F)C(F)(F)O3)CCC1. The van der Waals surface area contributed by atoms with E-state index in [0.717, 1.165) is 12.1 Å². The van der Waals surface area contributed by atoms with Gasteiger partial charge in [0.25, 0.3) is 0 Å². The summed E-state index contributed by atoms with van der Waals surface area (Å²) >= 11 is 3.09. The fourth-order valence-corrected chi connectivity index (χ4v) is 3.29. The first-order chi connectivity index (χ1) is 10.1. The van der Waals surface area contributed by atoms with Gasteiger partial charge in [0.2, 0.25) is 0 Å². The average Bonchev–Trinajstić information content (AvgIpc) is 2.30.